The fourth-order valence-corrected chi connectivity index (χ4v) is 2.61. The van der Waals surface area contributed by atoms with Gasteiger partial charge >= 0.3 is 0 Å². The smallest absolute Gasteiger partial charge is 0.164 e. The van der Waals surface area contributed by atoms with E-state index in [4.69, 9.17) is 0 Å². The number of hydrogen-bond acceptors (Lipinski definition) is 5. The molecular weight excluding hydrogens is 264 g/mol. The van der Waals surface area contributed by atoms with Gasteiger partial charge in [0.2, 0.25) is 0 Å². The lowest BCUT2D eigenvalue weighted by Crippen LogP contribution is -2.34. The maximum atomic E-state index is 4.35. The Labute approximate surface area is 122 Å². The average molecular weight is 278 g/mol. The summed E-state index contributed by atoms with van der Waals surface area (Å²) in [5, 5.41) is 8.68. The van der Waals surface area contributed by atoms with Crippen LogP contribution < -0.4 is 4.90 Å². The zero-order chi connectivity index (χ0) is 14.1. The standard InChI is InChI=1S/C15H14N6/c1-2-4-12(5-3-1)15-19-18-14-11-20(8-9-21(14)15)13-10-16-6-7-17-13/h1-7,10H,8-9,11H2. The predicted octanol–water partition coefficient (Wildman–Crippen LogP) is 1.76. The number of anilines is 1. The van der Waals surface area contributed by atoms with Crippen LogP contribution in [-0.4, -0.2) is 31.3 Å². The van der Waals surface area contributed by atoms with Crippen molar-refractivity contribution in [1.82, 2.24) is 24.7 Å². The summed E-state index contributed by atoms with van der Waals surface area (Å²) in [5.41, 5.74) is 1.10. The van der Waals surface area contributed by atoms with Crippen molar-refractivity contribution >= 4 is 5.82 Å². The molecule has 0 aliphatic carbocycles. The SMILES string of the molecule is c1ccc(-c2nnc3n2CCN(c2cnccn2)C3)cc1. The Morgan fingerprint density at radius 1 is 0.952 bits per heavy atom. The number of benzene rings is 1. The van der Waals surface area contributed by atoms with E-state index in [0.717, 1.165) is 36.1 Å². The minimum absolute atomic E-state index is 0.707. The van der Waals surface area contributed by atoms with Crippen LogP contribution in [0.4, 0.5) is 5.82 Å². The molecule has 0 atom stereocenters. The van der Waals surface area contributed by atoms with E-state index in [-0.39, 0.29) is 0 Å². The van der Waals surface area contributed by atoms with Gasteiger partial charge in [-0.05, 0) is 0 Å². The normalized spacial score (nSPS) is 14.0. The maximum absolute atomic E-state index is 4.35. The third kappa shape index (κ3) is 2.14. The van der Waals surface area contributed by atoms with Crippen molar-refractivity contribution in [3.05, 3.63) is 54.7 Å². The van der Waals surface area contributed by atoms with Crippen LogP contribution in [0, 0.1) is 0 Å². The molecule has 1 aliphatic heterocycles. The Morgan fingerprint density at radius 2 is 1.86 bits per heavy atom. The van der Waals surface area contributed by atoms with Crippen molar-refractivity contribution in [3.8, 4) is 11.4 Å². The van der Waals surface area contributed by atoms with Crippen molar-refractivity contribution in [3.63, 3.8) is 0 Å². The summed E-state index contributed by atoms with van der Waals surface area (Å²) >= 11 is 0. The molecule has 0 spiro atoms. The Morgan fingerprint density at radius 3 is 2.67 bits per heavy atom. The fraction of sp³-hybridized carbons (Fsp3) is 0.200. The predicted molar refractivity (Wildman–Crippen MR) is 78.5 cm³/mol. The second-order valence-electron chi connectivity index (χ2n) is 4.94. The molecule has 3 heterocycles. The highest BCUT2D eigenvalue weighted by Crippen LogP contribution is 2.23. The van der Waals surface area contributed by atoms with Gasteiger partial charge in [0.1, 0.15) is 5.82 Å². The number of nitrogens with zero attached hydrogens (tertiary/aromatic N) is 6. The topological polar surface area (TPSA) is 59.7 Å². The summed E-state index contributed by atoms with van der Waals surface area (Å²) in [6, 6.07) is 10.2. The molecule has 1 aromatic carbocycles. The van der Waals surface area contributed by atoms with E-state index in [1.54, 1.807) is 18.6 Å². The van der Waals surface area contributed by atoms with Crippen LogP contribution in [0.5, 0.6) is 0 Å². The van der Waals surface area contributed by atoms with Crippen LogP contribution in [0.15, 0.2) is 48.9 Å². The molecule has 4 rings (SSSR count). The van der Waals surface area contributed by atoms with Crippen LogP contribution in [-0.2, 0) is 13.1 Å². The highest BCUT2D eigenvalue weighted by molar-refractivity contribution is 5.55. The minimum atomic E-state index is 0.707. The number of aromatic nitrogens is 5. The lowest BCUT2D eigenvalue weighted by atomic mass is 10.2. The molecule has 0 saturated carbocycles. The molecule has 0 fully saturated rings. The molecule has 6 nitrogen and oxygen atoms in total. The van der Waals surface area contributed by atoms with Gasteiger partial charge in [0, 0.05) is 31.0 Å². The lowest BCUT2D eigenvalue weighted by Gasteiger charge is -2.28. The zero-order valence-corrected chi connectivity index (χ0v) is 11.4. The second kappa shape index (κ2) is 4.97. The Hall–Kier alpha value is -2.76. The van der Waals surface area contributed by atoms with Gasteiger partial charge < -0.3 is 9.47 Å². The van der Waals surface area contributed by atoms with Gasteiger partial charge in [-0.3, -0.25) is 4.98 Å². The van der Waals surface area contributed by atoms with Gasteiger partial charge in [-0.2, -0.15) is 0 Å². The molecular formula is C15H14N6. The molecule has 104 valence electrons. The van der Waals surface area contributed by atoms with E-state index in [2.05, 4.69) is 41.8 Å². The highest BCUT2D eigenvalue weighted by atomic mass is 15.3. The summed E-state index contributed by atoms with van der Waals surface area (Å²) in [4.78, 5) is 10.6. The maximum Gasteiger partial charge on any atom is 0.164 e. The summed E-state index contributed by atoms with van der Waals surface area (Å²) in [7, 11) is 0. The van der Waals surface area contributed by atoms with Crippen LogP contribution in [0.1, 0.15) is 5.82 Å². The Kier molecular flexibility index (Phi) is 2.85. The van der Waals surface area contributed by atoms with E-state index in [9.17, 15) is 0 Å². The van der Waals surface area contributed by atoms with E-state index in [1.807, 2.05) is 18.2 Å². The first kappa shape index (κ1) is 12.0. The lowest BCUT2D eigenvalue weighted by molar-refractivity contribution is 0.559. The molecule has 1 aliphatic rings. The van der Waals surface area contributed by atoms with Gasteiger partial charge in [-0.15, -0.1) is 10.2 Å². The van der Waals surface area contributed by atoms with E-state index < -0.39 is 0 Å². The van der Waals surface area contributed by atoms with Crippen molar-refractivity contribution < 1.29 is 0 Å². The largest absolute Gasteiger partial charge is 0.346 e. The summed E-state index contributed by atoms with van der Waals surface area (Å²) in [6.45, 7) is 2.44. The van der Waals surface area contributed by atoms with Crippen molar-refractivity contribution in [2.24, 2.45) is 0 Å². The van der Waals surface area contributed by atoms with Crippen molar-refractivity contribution in [1.29, 1.82) is 0 Å². The van der Waals surface area contributed by atoms with E-state index in [0.29, 0.717) is 6.54 Å². The summed E-state index contributed by atoms with van der Waals surface area (Å²) in [5.74, 6) is 2.78. The zero-order valence-electron chi connectivity index (χ0n) is 11.4. The van der Waals surface area contributed by atoms with Gasteiger partial charge in [-0.25, -0.2) is 4.98 Å². The Balaban J connectivity index is 1.65. The molecule has 21 heavy (non-hydrogen) atoms. The molecule has 0 radical (unpaired) electrons. The van der Waals surface area contributed by atoms with Crippen molar-refractivity contribution in [2.75, 3.05) is 11.4 Å². The average Bonchev–Trinajstić information content (AvgIpc) is 2.99. The number of fused-ring (bicyclic) bond motifs is 1. The molecule has 6 heteroatoms. The fourth-order valence-electron chi connectivity index (χ4n) is 2.61. The van der Waals surface area contributed by atoms with Gasteiger partial charge in [-0.1, -0.05) is 30.3 Å². The summed E-state index contributed by atoms with van der Waals surface area (Å²) < 4.78 is 2.18. The van der Waals surface area contributed by atoms with Gasteiger partial charge in [0.15, 0.2) is 11.6 Å². The summed E-state index contributed by atoms with van der Waals surface area (Å²) in [6.07, 6.45) is 5.18. The molecule has 3 aromatic rings. The van der Waals surface area contributed by atoms with Gasteiger partial charge in [0.25, 0.3) is 0 Å². The highest BCUT2D eigenvalue weighted by Gasteiger charge is 2.22. The van der Waals surface area contributed by atoms with Crippen LogP contribution in [0.25, 0.3) is 11.4 Å². The molecule has 0 amide bonds. The third-order valence-corrected chi connectivity index (χ3v) is 3.66. The first-order valence-corrected chi connectivity index (χ1v) is 6.90. The van der Waals surface area contributed by atoms with Crippen molar-refractivity contribution in [2.45, 2.75) is 13.1 Å². The second-order valence-corrected chi connectivity index (χ2v) is 4.94. The molecule has 0 unspecified atom stereocenters. The van der Waals surface area contributed by atoms with Gasteiger partial charge in [0.05, 0.1) is 12.7 Å². The molecule has 0 saturated heterocycles. The monoisotopic (exact) mass is 278 g/mol. The number of hydrogen-bond donors (Lipinski definition) is 0. The first-order chi connectivity index (χ1) is 10.4. The minimum Gasteiger partial charge on any atom is -0.346 e. The van der Waals surface area contributed by atoms with Crippen LogP contribution >= 0.6 is 0 Å². The molecule has 2 aromatic heterocycles. The van der Waals surface area contributed by atoms with Crippen LogP contribution in [0.3, 0.4) is 0 Å². The Bertz CT molecular complexity index is 737. The molecule has 0 N–H and O–H groups in total. The third-order valence-electron chi connectivity index (χ3n) is 3.66. The quantitative estimate of drug-likeness (QED) is 0.715. The first-order valence-electron chi connectivity index (χ1n) is 6.90. The number of rotatable bonds is 2. The van der Waals surface area contributed by atoms with Crippen LogP contribution in [0.2, 0.25) is 0 Å². The van der Waals surface area contributed by atoms with E-state index in [1.165, 1.54) is 0 Å². The molecule has 0 bridgehead atoms. The van der Waals surface area contributed by atoms with E-state index >= 15 is 0 Å².